The molecule has 64 valence electrons. The van der Waals surface area contributed by atoms with Crippen molar-refractivity contribution in [3.05, 3.63) is 16.6 Å². The van der Waals surface area contributed by atoms with E-state index in [1.54, 1.807) is 17.5 Å². The van der Waals surface area contributed by atoms with Gasteiger partial charge < -0.3 is 0 Å². The fourth-order valence-electron chi connectivity index (χ4n) is 0.902. The highest BCUT2D eigenvalue weighted by molar-refractivity contribution is 7.09. The van der Waals surface area contributed by atoms with E-state index in [9.17, 15) is 0 Å². The Kier molecular flexibility index (Phi) is 3.71. The van der Waals surface area contributed by atoms with E-state index in [1.807, 2.05) is 12.3 Å². The molecule has 1 aromatic heterocycles. The van der Waals surface area contributed by atoms with E-state index in [0.29, 0.717) is 6.54 Å². The van der Waals surface area contributed by atoms with Gasteiger partial charge in [0.1, 0.15) is 5.01 Å². The number of thiazole rings is 1. The highest BCUT2D eigenvalue weighted by Crippen LogP contribution is 2.06. The van der Waals surface area contributed by atoms with Gasteiger partial charge in [0.15, 0.2) is 0 Å². The summed E-state index contributed by atoms with van der Waals surface area (Å²) in [6.07, 6.45) is 1.79. The number of hydrogen-bond donors (Lipinski definition) is 0. The first-order chi connectivity index (χ1) is 5.86. The Morgan fingerprint density at radius 1 is 1.75 bits per heavy atom. The normalized spacial score (nSPS) is 10.1. The van der Waals surface area contributed by atoms with Crippen molar-refractivity contribution in [1.29, 1.82) is 5.26 Å². The van der Waals surface area contributed by atoms with Crippen molar-refractivity contribution >= 4 is 11.3 Å². The molecule has 0 unspecified atom stereocenters. The molecule has 0 fully saturated rings. The standard InChI is InChI=1S/C8H11N3S/c1-2-11(5-3-9)7-8-10-4-6-12-8/h4,6H,2,5,7H2,1H3. The van der Waals surface area contributed by atoms with Crippen LogP contribution in [0.5, 0.6) is 0 Å². The summed E-state index contributed by atoms with van der Waals surface area (Å²) in [6.45, 7) is 4.22. The predicted octanol–water partition coefficient (Wildman–Crippen LogP) is 1.49. The van der Waals surface area contributed by atoms with Crippen LogP contribution in [0.1, 0.15) is 11.9 Å². The third-order valence-electron chi connectivity index (χ3n) is 1.58. The molecule has 4 heteroatoms. The molecule has 0 aliphatic carbocycles. The fraction of sp³-hybridized carbons (Fsp3) is 0.500. The zero-order valence-corrected chi connectivity index (χ0v) is 7.84. The Bertz CT molecular complexity index is 250. The predicted molar refractivity (Wildman–Crippen MR) is 48.7 cm³/mol. The Hall–Kier alpha value is -0.920. The van der Waals surface area contributed by atoms with Crippen molar-refractivity contribution in [1.82, 2.24) is 9.88 Å². The highest BCUT2D eigenvalue weighted by atomic mass is 32.1. The summed E-state index contributed by atoms with van der Waals surface area (Å²) in [4.78, 5) is 6.21. The highest BCUT2D eigenvalue weighted by Gasteiger charge is 2.03. The molecule has 12 heavy (non-hydrogen) atoms. The van der Waals surface area contributed by atoms with Gasteiger partial charge in [-0.2, -0.15) is 5.26 Å². The first-order valence-electron chi connectivity index (χ1n) is 3.84. The zero-order chi connectivity index (χ0) is 8.81. The third-order valence-corrected chi connectivity index (χ3v) is 2.35. The van der Waals surface area contributed by atoms with E-state index in [0.717, 1.165) is 18.1 Å². The van der Waals surface area contributed by atoms with Crippen molar-refractivity contribution in [3.63, 3.8) is 0 Å². The van der Waals surface area contributed by atoms with Crippen molar-refractivity contribution in [2.75, 3.05) is 13.1 Å². The molecule has 3 nitrogen and oxygen atoms in total. The third kappa shape index (κ3) is 2.61. The maximum atomic E-state index is 8.49. The lowest BCUT2D eigenvalue weighted by Gasteiger charge is -2.13. The van der Waals surface area contributed by atoms with E-state index in [1.165, 1.54) is 0 Å². The molecule has 0 atom stereocenters. The van der Waals surface area contributed by atoms with Crippen LogP contribution in [0.4, 0.5) is 0 Å². The second-order valence-corrected chi connectivity index (χ2v) is 3.37. The lowest BCUT2D eigenvalue weighted by molar-refractivity contribution is 0.314. The number of nitriles is 1. The summed E-state index contributed by atoms with van der Waals surface area (Å²) in [7, 11) is 0. The van der Waals surface area contributed by atoms with Crippen LogP contribution in [0.3, 0.4) is 0 Å². The lowest BCUT2D eigenvalue weighted by atomic mass is 10.5. The molecule has 0 saturated carbocycles. The minimum atomic E-state index is 0.482. The average Bonchev–Trinajstić information content (AvgIpc) is 2.56. The minimum absolute atomic E-state index is 0.482. The van der Waals surface area contributed by atoms with Gasteiger partial charge in [0.05, 0.1) is 19.2 Å². The van der Waals surface area contributed by atoms with Gasteiger partial charge in [-0.1, -0.05) is 6.92 Å². The molecule has 1 aromatic rings. The van der Waals surface area contributed by atoms with Gasteiger partial charge in [0.25, 0.3) is 0 Å². The van der Waals surface area contributed by atoms with Crippen LogP contribution in [0.2, 0.25) is 0 Å². The quantitative estimate of drug-likeness (QED) is 0.661. The van der Waals surface area contributed by atoms with Gasteiger partial charge in [-0.3, -0.25) is 4.90 Å². The van der Waals surface area contributed by atoms with E-state index in [-0.39, 0.29) is 0 Å². The van der Waals surface area contributed by atoms with E-state index >= 15 is 0 Å². The van der Waals surface area contributed by atoms with Gasteiger partial charge in [0.2, 0.25) is 0 Å². The smallest absolute Gasteiger partial charge is 0.107 e. The number of aromatic nitrogens is 1. The molecule has 1 rings (SSSR count). The van der Waals surface area contributed by atoms with Crippen molar-refractivity contribution in [3.8, 4) is 6.07 Å². The molecule has 0 N–H and O–H groups in total. The molecule has 0 aliphatic heterocycles. The number of rotatable bonds is 4. The first-order valence-corrected chi connectivity index (χ1v) is 4.72. The van der Waals surface area contributed by atoms with Crippen LogP contribution in [-0.4, -0.2) is 23.0 Å². The van der Waals surface area contributed by atoms with Crippen LogP contribution in [0.25, 0.3) is 0 Å². The fourth-order valence-corrected chi connectivity index (χ4v) is 1.56. The minimum Gasteiger partial charge on any atom is -0.284 e. The van der Waals surface area contributed by atoms with Gasteiger partial charge in [0, 0.05) is 11.6 Å². The van der Waals surface area contributed by atoms with Crippen LogP contribution < -0.4 is 0 Å². The molecule has 0 amide bonds. The van der Waals surface area contributed by atoms with Gasteiger partial charge >= 0.3 is 0 Å². The Labute approximate surface area is 76.3 Å². The van der Waals surface area contributed by atoms with E-state index in [2.05, 4.69) is 16.0 Å². The molecule has 0 spiro atoms. The van der Waals surface area contributed by atoms with Crippen LogP contribution >= 0.6 is 11.3 Å². The van der Waals surface area contributed by atoms with Gasteiger partial charge in [-0.25, -0.2) is 4.98 Å². The van der Waals surface area contributed by atoms with Gasteiger partial charge in [-0.15, -0.1) is 11.3 Å². The second-order valence-electron chi connectivity index (χ2n) is 2.39. The Morgan fingerprint density at radius 2 is 2.58 bits per heavy atom. The van der Waals surface area contributed by atoms with Crippen LogP contribution in [-0.2, 0) is 6.54 Å². The summed E-state index contributed by atoms with van der Waals surface area (Å²) in [5.41, 5.74) is 0. The maximum absolute atomic E-state index is 8.49. The average molecular weight is 181 g/mol. The van der Waals surface area contributed by atoms with Crippen molar-refractivity contribution in [2.24, 2.45) is 0 Å². The SMILES string of the molecule is CCN(CC#N)Cc1nccs1. The Balaban J connectivity index is 2.44. The molecule has 0 aliphatic rings. The van der Waals surface area contributed by atoms with Gasteiger partial charge in [-0.05, 0) is 6.54 Å². The molecule has 0 bridgehead atoms. The molecular formula is C8H11N3S. The zero-order valence-electron chi connectivity index (χ0n) is 7.03. The maximum Gasteiger partial charge on any atom is 0.107 e. The first kappa shape index (κ1) is 9.17. The summed E-state index contributed by atoms with van der Waals surface area (Å²) in [5, 5.41) is 11.5. The van der Waals surface area contributed by atoms with Crippen LogP contribution in [0, 0.1) is 11.3 Å². The summed E-state index contributed by atoms with van der Waals surface area (Å²) in [6, 6.07) is 2.13. The summed E-state index contributed by atoms with van der Waals surface area (Å²) in [5.74, 6) is 0. The van der Waals surface area contributed by atoms with E-state index in [4.69, 9.17) is 5.26 Å². The summed E-state index contributed by atoms with van der Waals surface area (Å²) >= 11 is 1.63. The molecular weight excluding hydrogens is 170 g/mol. The molecule has 0 aromatic carbocycles. The lowest BCUT2D eigenvalue weighted by Crippen LogP contribution is -2.22. The monoisotopic (exact) mass is 181 g/mol. The second kappa shape index (κ2) is 4.86. The summed E-state index contributed by atoms with van der Waals surface area (Å²) < 4.78 is 0. The Morgan fingerprint density at radius 3 is 3.08 bits per heavy atom. The van der Waals surface area contributed by atoms with Crippen molar-refractivity contribution < 1.29 is 0 Å². The molecule has 0 radical (unpaired) electrons. The topological polar surface area (TPSA) is 39.9 Å². The van der Waals surface area contributed by atoms with Crippen LogP contribution in [0.15, 0.2) is 11.6 Å². The largest absolute Gasteiger partial charge is 0.284 e. The molecule has 1 heterocycles. The molecule has 0 saturated heterocycles. The number of nitrogens with zero attached hydrogens (tertiary/aromatic N) is 3. The van der Waals surface area contributed by atoms with Crippen molar-refractivity contribution in [2.45, 2.75) is 13.5 Å². The number of hydrogen-bond acceptors (Lipinski definition) is 4. The van der Waals surface area contributed by atoms with E-state index < -0.39 is 0 Å².